The van der Waals surface area contributed by atoms with E-state index in [1.54, 1.807) is 18.4 Å². The average Bonchev–Trinajstić information content (AvgIpc) is 3.01. The van der Waals surface area contributed by atoms with Gasteiger partial charge in [0.2, 0.25) is 0 Å². The molecule has 120 valence electrons. The molecule has 0 bridgehead atoms. The van der Waals surface area contributed by atoms with Crippen LogP contribution in [0.2, 0.25) is 0 Å². The van der Waals surface area contributed by atoms with Gasteiger partial charge in [-0.15, -0.1) is 24.0 Å². The molecule has 2 heterocycles. The van der Waals surface area contributed by atoms with E-state index in [1.165, 1.54) is 11.1 Å². The SMILES string of the molecule is CN=C(NCc1ccsc1)NCc1ccnc(N(C)C)c1.I. The Kier molecular flexibility index (Phi) is 8.18. The summed E-state index contributed by atoms with van der Waals surface area (Å²) in [6, 6.07) is 6.18. The van der Waals surface area contributed by atoms with Gasteiger partial charge in [-0.2, -0.15) is 11.3 Å². The van der Waals surface area contributed by atoms with E-state index in [1.807, 2.05) is 31.3 Å². The summed E-state index contributed by atoms with van der Waals surface area (Å²) in [5.41, 5.74) is 2.44. The van der Waals surface area contributed by atoms with Crippen molar-refractivity contribution in [3.05, 3.63) is 46.3 Å². The number of aromatic nitrogens is 1. The van der Waals surface area contributed by atoms with Crippen LogP contribution in [0.3, 0.4) is 0 Å². The van der Waals surface area contributed by atoms with Gasteiger partial charge in [0.05, 0.1) is 0 Å². The second-order valence-electron chi connectivity index (χ2n) is 4.83. The number of hydrogen-bond donors (Lipinski definition) is 2. The highest BCUT2D eigenvalue weighted by atomic mass is 127. The number of thiophene rings is 1. The van der Waals surface area contributed by atoms with Crippen LogP contribution in [0.25, 0.3) is 0 Å². The number of hydrogen-bond acceptors (Lipinski definition) is 4. The predicted molar refractivity (Wildman–Crippen MR) is 105 cm³/mol. The fourth-order valence-electron chi connectivity index (χ4n) is 1.80. The highest BCUT2D eigenvalue weighted by Crippen LogP contribution is 2.09. The molecule has 0 saturated carbocycles. The van der Waals surface area contributed by atoms with E-state index in [0.29, 0.717) is 6.54 Å². The first-order chi connectivity index (χ1) is 10.2. The molecule has 0 amide bonds. The Hall–Kier alpha value is -1.35. The van der Waals surface area contributed by atoms with Gasteiger partial charge in [-0.3, -0.25) is 4.99 Å². The van der Waals surface area contributed by atoms with Gasteiger partial charge in [0, 0.05) is 40.4 Å². The Morgan fingerprint density at radius 1 is 1.23 bits per heavy atom. The molecule has 0 aliphatic heterocycles. The third kappa shape index (κ3) is 5.80. The summed E-state index contributed by atoms with van der Waals surface area (Å²) in [6.45, 7) is 1.50. The molecule has 7 heteroatoms. The number of guanidine groups is 1. The number of nitrogens with zero attached hydrogens (tertiary/aromatic N) is 3. The fourth-order valence-corrected chi connectivity index (χ4v) is 2.47. The molecule has 2 aromatic rings. The van der Waals surface area contributed by atoms with E-state index in [-0.39, 0.29) is 24.0 Å². The molecule has 0 unspecified atom stereocenters. The van der Waals surface area contributed by atoms with Crippen LogP contribution in [0.4, 0.5) is 5.82 Å². The average molecular weight is 431 g/mol. The number of pyridine rings is 1. The summed E-state index contributed by atoms with van der Waals surface area (Å²) in [4.78, 5) is 10.5. The number of nitrogens with one attached hydrogen (secondary N) is 2. The molecule has 0 aliphatic carbocycles. The molecule has 0 fully saturated rings. The summed E-state index contributed by atoms with van der Waals surface area (Å²) in [5.74, 6) is 1.75. The van der Waals surface area contributed by atoms with Crippen LogP contribution in [0.1, 0.15) is 11.1 Å². The van der Waals surface area contributed by atoms with E-state index in [4.69, 9.17) is 0 Å². The van der Waals surface area contributed by atoms with Crippen LogP contribution in [-0.2, 0) is 13.1 Å². The van der Waals surface area contributed by atoms with Gasteiger partial charge in [0.1, 0.15) is 5.82 Å². The summed E-state index contributed by atoms with van der Waals surface area (Å²) in [5, 5.41) is 10.8. The molecule has 2 aromatic heterocycles. The molecule has 0 aliphatic rings. The topological polar surface area (TPSA) is 52.6 Å². The molecule has 2 N–H and O–H groups in total. The van der Waals surface area contributed by atoms with E-state index in [9.17, 15) is 0 Å². The van der Waals surface area contributed by atoms with Crippen LogP contribution in [-0.4, -0.2) is 32.1 Å². The predicted octanol–water partition coefficient (Wildman–Crippen LogP) is 2.69. The minimum Gasteiger partial charge on any atom is -0.363 e. The van der Waals surface area contributed by atoms with Crippen molar-refractivity contribution in [1.29, 1.82) is 0 Å². The Bertz CT molecular complexity index is 583. The standard InChI is InChI=1S/C15H21N5S.HI/c1-16-15(19-10-13-5-7-21-11-13)18-9-12-4-6-17-14(8-12)20(2)3;/h4-8,11H,9-10H2,1-3H3,(H2,16,18,19);1H. The number of aliphatic imine (C=N–C) groups is 1. The maximum Gasteiger partial charge on any atom is 0.191 e. The number of halogens is 1. The zero-order chi connectivity index (χ0) is 15.1. The molecule has 0 spiro atoms. The van der Waals surface area contributed by atoms with Crippen molar-refractivity contribution in [2.75, 3.05) is 26.0 Å². The first kappa shape index (κ1) is 18.7. The Labute approximate surface area is 152 Å². The Morgan fingerprint density at radius 2 is 1.95 bits per heavy atom. The van der Waals surface area contributed by atoms with Gasteiger partial charge in [-0.1, -0.05) is 0 Å². The van der Waals surface area contributed by atoms with Crippen LogP contribution in [0.15, 0.2) is 40.1 Å². The van der Waals surface area contributed by atoms with Gasteiger partial charge in [-0.25, -0.2) is 4.98 Å². The highest BCUT2D eigenvalue weighted by Gasteiger charge is 2.02. The molecular weight excluding hydrogens is 409 g/mol. The minimum atomic E-state index is 0. The van der Waals surface area contributed by atoms with Crippen molar-refractivity contribution in [1.82, 2.24) is 15.6 Å². The second-order valence-corrected chi connectivity index (χ2v) is 5.61. The summed E-state index contributed by atoms with van der Waals surface area (Å²) < 4.78 is 0. The molecule has 2 rings (SSSR count). The first-order valence-electron chi connectivity index (χ1n) is 6.77. The summed E-state index contributed by atoms with van der Waals surface area (Å²) in [7, 11) is 5.75. The second kappa shape index (κ2) is 9.62. The van der Waals surface area contributed by atoms with Crippen LogP contribution >= 0.6 is 35.3 Å². The van der Waals surface area contributed by atoms with Gasteiger partial charge < -0.3 is 15.5 Å². The normalized spacial score (nSPS) is 10.8. The molecule has 5 nitrogen and oxygen atoms in total. The van der Waals surface area contributed by atoms with Crippen molar-refractivity contribution in [2.45, 2.75) is 13.1 Å². The molecule has 0 saturated heterocycles. The van der Waals surface area contributed by atoms with Crippen LogP contribution in [0.5, 0.6) is 0 Å². The third-order valence-electron chi connectivity index (χ3n) is 2.99. The minimum absolute atomic E-state index is 0. The lowest BCUT2D eigenvalue weighted by molar-refractivity contribution is 0.809. The van der Waals surface area contributed by atoms with E-state index in [2.05, 4.69) is 43.5 Å². The van der Waals surface area contributed by atoms with Gasteiger partial charge >= 0.3 is 0 Å². The van der Waals surface area contributed by atoms with Crippen molar-refractivity contribution in [3.8, 4) is 0 Å². The third-order valence-corrected chi connectivity index (χ3v) is 3.72. The van der Waals surface area contributed by atoms with Crippen molar-refractivity contribution < 1.29 is 0 Å². The molecule has 0 atom stereocenters. The first-order valence-corrected chi connectivity index (χ1v) is 7.71. The van der Waals surface area contributed by atoms with E-state index < -0.39 is 0 Å². The largest absolute Gasteiger partial charge is 0.363 e. The molecular formula is C15H22IN5S. The lowest BCUT2D eigenvalue weighted by Gasteiger charge is -2.14. The van der Waals surface area contributed by atoms with E-state index in [0.717, 1.165) is 18.3 Å². The quantitative estimate of drug-likeness (QED) is 0.434. The zero-order valence-electron chi connectivity index (χ0n) is 13.0. The van der Waals surface area contributed by atoms with Crippen molar-refractivity contribution >= 4 is 47.1 Å². The number of rotatable bonds is 5. The smallest absolute Gasteiger partial charge is 0.191 e. The maximum absolute atomic E-state index is 4.31. The molecule has 0 radical (unpaired) electrons. The van der Waals surface area contributed by atoms with Gasteiger partial charge in [-0.05, 0) is 40.1 Å². The Balaban J connectivity index is 0.00000242. The van der Waals surface area contributed by atoms with Crippen molar-refractivity contribution in [3.63, 3.8) is 0 Å². The van der Waals surface area contributed by atoms with Gasteiger partial charge in [0.15, 0.2) is 5.96 Å². The van der Waals surface area contributed by atoms with Crippen LogP contribution < -0.4 is 15.5 Å². The molecule has 22 heavy (non-hydrogen) atoms. The number of anilines is 1. The zero-order valence-corrected chi connectivity index (χ0v) is 16.2. The van der Waals surface area contributed by atoms with Crippen molar-refractivity contribution in [2.24, 2.45) is 4.99 Å². The lowest BCUT2D eigenvalue weighted by atomic mass is 10.2. The summed E-state index contributed by atoms with van der Waals surface area (Å²) in [6.07, 6.45) is 1.83. The maximum atomic E-state index is 4.31. The monoisotopic (exact) mass is 431 g/mol. The van der Waals surface area contributed by atoms with Gasteiger partial charge in [0.25, 0.3) is 0 Å². The van der Waals surface area contributed by atoms with E-state index >= 15 is 0 Å². The fraction of sp³-hybridized carbons (Fsp3) is 0.333. The highest BCUT2D eigenvalue weighted by molar-refractivity contribution is 14.0. The Morgan fingerprint density at radius 3 is 2.55 bits per heavy atom. The lowest BCUT2D eigenvalue weighted by Crippen LogP contribution is -2.36. The summed E-state index contributed by atoms with van der Waals surface area (Å²) >= 11 is 1.70. The molecule has 0 aromatic carbocycles. The van der Waals surface area contributed by atoms with Crippen LogP contribution in [0, 0.1) is 0 Å².